The molecule has 0 aromatic heterocycles. The van der Waals surface area contributed by atoms with Crippen LogP contribution in [0.4, 0.5) is 0 Å². The van der Waals surface area contributed by atoms with Crippen LogP contribution < -0.4 is 0 Å². The van der Waals surface area contributed by atoms with Crippen molar-refractivity contribution >= 4 is 12.1 Å². The highest BCUT2D eigenvalue weighted by Gasteiger charge is 2.48. The van der Waals surface area contributed by atoms with E-state index in [2.05, 4.69) is 12.0 Å². The molecular weight excluding hydrogens is 242 g/mol. The first kappa shape index (κ1) is 12.9. The molecule has 2 aliphatic heterocycles. The fourth-order valence-electron chi connectivity index (χ4n) is 2.96. The zero-order valence-electron chi connectivity index (χ0n) is 11.6. The molecule has 1 N–H and O–H groups in total. The van der Waals surface area contributed by atoms with Gasteiger partial charge in [0.2, 0.25) is 5.91 Å². The molecule has 1 saturated heterocycles. The number of carbonyl (C=O) groups excluding carboxylic acids is 1. The smallest absolute Gasteiger partial charge is 0.228 e. The van der Waals surface area contributed by atoms with Gasteiger partial charge in [0.05, 0.1) is 12.1 Å². The second-order valence-corrected chi connectivity index (χ2v) is 6.55. The lowest BCUT2D eigenvalue weighted by Gasteiger charge is -2.40. The van der Waals surface area contributed by atoms with Gasteiger partial charge in [0.1, 0.15) is 0 Å². The lowest BCUT2D eigenvalue weighted by Crippen LogP contribution is -2.52. The summed E-state index contributed by atoms with van der Waals surface area (Å²) >= 11 is 0. The number of aliphatic hydroxyl groups is 1. The highest BCUT2D eigenvalue weighted by Crippen LogP contribution is 2.47. The first-order chi connectivity index (χ1) is 9.01. The molecule has 5 heteroatoms. The molecule has 2 fully saturated rings. The predicted octanol–water partition coefficient (Wildman–Crippen LogP) is 0.832. The summed E-state index contributed by atoms with van der Waals surface area (Å²) in [7, 11) is 0. The monoisotopic (exact) mass is 265 g/mol. The van der Waals surface area contributed by atoms with E-state index in [0.717, 1.165) is 25.8 Å². The van der Waals surface area contributed by atoms with Crippen molar-refractivity contribution in [2.24, 2.45) is 10.5 Å². The first-order valence-electron chi connectivity index (χ1n) is 7.30. The summed E-state index contributed by atoms with van der Waals surface area (Å²) in [5, 5.41) is 16.8. The van der Waals surface area contributed by atoms with Gasteiger partial charge in [-0.2, -0.15) is 5.10 Å². The number of hydrogen-bond acceptors (Lipinski definition) is 4. The highest BCUT2D eigenvalue weighted by molar-refractivity contribution is 5.85. The maximum Gasteiger partial charge on any atom is 0.228 e. The Morgan fingerprint density at radius 2 is 1.95 bits per heavy atom. The van der Waals surface area contributed by atoms with Crippen LogP contribution >= 0.6 is 0 Å². The Kier molecular flexibility index (Phi) is 3.04. The van der Waals surface area contributed by atoms with E-state index in [4.69, 9.17) is 0 Å². The molecule has 5 nitrogen and oxygen atoms in total. The number of amides is 1. The summed E-state index contributed by atoms with van der Waals surface area (Å²) in [6, 6.07) is 0. The SMILES string of the molecule is CC1(C(=O)N2CCC(O)(CN3CCC=N3)CC2)CC1. The molecule has 19 heavy (non-hydrogen) atoms. The van der Waals surface area contributed by atoms with E-state index in [1.807, 2.05) is 16.1 Å². The van der Waals surface area contributed by atoms with Crippen LogP contribution in [0.2, 0.25) is 0 Å². The lowest BCUT2D eigenvalue weighted by molar-refractivity contribution is -0.141. The average molecular weight is 265 g/mol. The van der Waals surface area contributed by atoms with Crippen LogP contribution in [0.1, 0.15) is 39.0 Å². The Bertz CT molecular complexity index is 395. The molecule has 0 spiro atoms. The fraction of sp³-hybridized carbons (Fsp3) is 0.857. The number of rotatable bonds is 3. The Labute approximate surface area is 114 Å². The van der Waals surface area contributed by atoms with Gasteiger partial charge in [-0.1, -0.05) is 6.92 Å². The number of β-amino-alcohol motifs (C(OH)–C–C–N with tert-alkyl or cyclic N) is 1. The molecule has 1 saturated carbocycles. The average Bonchev–Trinajstić information content (AvgIpc) is 2.94. The molecular formula is C14H23N3O2. The standard InChI is InChI=1S/C14H23N3O2/c1-13(3-4-13)12(18)16-9-5-14(19,6-10-16)11-17-8-2-7-15-17/h7,19H,2-6,8-11H2,1H3. The van der Waals surface area contributed by atoms with Gasteiger partial charge in [-0.3, -0.25) is 9.80 Å². The van der Waals surface area contributed by atoms with Crippen molar-refractivity contribution in [3.05, 3.63) is 0 Å². The minimum Gasteiger partial charge on any atom is -0.388 e. The quantitative estimate of drug-likeness (QED) is 0.822. The highest BCUT2D eigenvalue weighted by atomic mass is 16.3. The fourth-order valence-corrected chi connectivity index (χ4v) is 2.96. The van der Waals surface area contributed by atoms with Gasteiger partial charge < -0.3 is 10.0 Å². The summed E-state index contributed by atoms with van der Waals surface area (Å²) in [5.74, 6) is 0.286. The Morgan fingerprint density at radius 3 is 2.47 bits per heavy atom. The topological polar surface area (TPSA) is 56.1 Å². The zero-order chi connectivity index (χ0) is 13.5. The summed E-state index contributed by atoms with van der Waals surface area (Å²) in [5.41, 5.74) is -0.766. The predicted molar refractivity (Wildman–Crippen MR) is 72.8 cm³/mol. The van der Waals surface area contributed by atoms with Gasteiger partial charge in [0.25, 0.3) is 0 Å². The van der Waals surface area contributed by atoms with E-state index in [0.29, 0.717) is 32.5 Å². The number of carbonyl (C=O) groups is 1. The number of nitrogens with zero attached hydrogens (tertiary/aromatic N) is 3. The Balaban J connectivity index is 1.53. The van der Waals surface area contributed by atoms with Crippen molar-refractivity contribution < 1.29 is 9.90 Å². The van der Waals surface area contributed by atoms with Crippen molar-refractivity contribution in [3.8, 4) is 0 Å². The summed E-state index contributed by atoms with van der Waals surface area (Å²) in [6.07, 6.45) is 6.25. The van der Waals surface area contributed by atoms with Crippen LogP contribution in [0, 0.1) is 5.41 Å². The van der Waals surface area contributed by atoms with Gasteiger partial charge in [0.15, 0.2) is 0 Å². The Morgan fingerprint density at radius 1 is 1.26 bits per heavy atom. The van der Waals surface area contributed by atoms with Crippen LogP contribution in [0.25, 0.3) is 0 Å². The Hall–Kier alpha value is -1.10. The third-order valence-electron chi connectivity index (χ3n) is 4.74. The van der Waals surface area contributed by atoms with Gasteiger partial charge in [-0.25, -0.2) is 0 Å². The summed E-state index contributed by atoms with van der Waals surface area (Å²) in [6.45, 7) is 4.92. The lowest BCUT2D eigenvalue weighted by atomic mass is 9.90. The van der Waals surface area contributed by atoms with Gasteiger partial charge in [-0.15, -0.1) is 0 Å². The zero-order valence-corrected chi connectivity index (χ0v) is 11.6. The van der Waals surface area contributed by atoms with E-state index >= 15 is 0 Å². The third kappa shape index (κ3) is 2.61. The minimum absolute atomic E-state index is 0.0886. The maximum atomic E-state index is 12.2. The molecule has 1 aliphatic carbocycles. The second-order valence-electron chi connectivity index (χ2n) is 6.55. The number of hydrazone groups is 1. The second kappa shape index (κ2) is 4.47. The van der Waals surface area contributed by atoms with Gasteiger partial charge >= 0.3 is 0 Å². The summed E-state index contributed by atoms with van der Waals surface area (Å²) in [4.78, 5) is 14.2. The maximum absolute atomic E-state index is 12.2. The molecule has 0 atom stereocenters. The van der Waals surface area contributed by atoms with Crippen molar-refractivity contribution in [2.75, 3.05) is 26.2 Å². The van der Waals surface area contributed by atoms with E-state index in [1.54, 1.807) is 0 Å². The molecule has 106 valence electrons. The molecule has 0 radical (unpaired) electrons. The number of piperidine rings is 1. The van der Waals surface area contributed by atoms with E-state index in [9.17, 15) is 9.90 Å². The van der Waals surface area contributed by atoms with Crippen molar-refractivity contribution in [2.45, 2.75) is 44.6 Å². The van der Waals surface area contributed by atoms with Crippen LogP contribution in [0.15, 0.2) is 5.10 Å². The first-order valence-corrected chi connectivity index (χ1v) is 7.30. The van der Waals surface area contributed by atoms with Crippen molar-refractivity contribution in [1.29, 1.82) is 0 Å². The normalized spacial score (nSPS) is 27.7. The van der Waals surface area contributed by atoms with Crippen LogP contribution in [-0.4, -0.2) is 58.9 Å². The molecule has 3 rings (SSSR count). The molecule has 3 aliphatic rings. The van der Waals surface area contributed by atoms with Gasteiger partial charge in [0, 0.05) is 37.7 Å². The van der Waals surface area contributed by atoms with Crippen LogP contribution in [0.3, 0.4) is 0 Å². The molecule has 1 amide bonds. The van der Waals surface area contributed by atoms with Crippen molar-refractivity contribution in [1.82, 2.24) is 9.91 Å². The third-order valence-corrected chi connectivity index (χ3v) is 4.74. The van der Waals surface area contributed by atoms with Crippen molar-refractivity contribution in [3.63, 3.8) is 0 Å². The largest absolute Gasteiger partial charge is 0.388 e. The van der Waals surface area contributed by atoms with E-state index < -0.39 is 5.60 Å². The van der Waals surface area contributed by atoms with Crippen LogP contribution in [0.5, 0.6) is 0 Å². The summed E-state index contributed by atoms with van der Waals surface area (Å²) < 4.78 is 0. The molecule has 0 aromatic carbocycles. The van der Waals surface area contributed by atoms with Crippen LogP contribution in [-0.2, 0) is 4.79 Å². The number of hydrogen-bond donors (Lipinski definition) is 1. The van der Waals surface area contributed by atoms with Gasteiger partial charge in [-0.05, 0) is 25.7 Å². The molecule has 2 heterocycles. The molecule has 0 aromatic rings. The van der Waals surface area contributed by atoms with E-state index in [-0.39, 0.29) is 11.3 Å². The molecule has 0 unspecified atom stereocenters. The number of likely N-dealkylation sites (tertiary alicyclic amines) is 1. The van der Waals surface area contributed by atoms with E-state index in [1.165, 1.54) is 0 Å². The molecule has 0 bridgehead atoms. The minimum atomic E-state index is -0.678.